The van der Waals surface area contributed by atoms with Crippen molar-refractivity contribution in [3.8, 4) is 5.69 Å². The van der Waals surface area contributed by atoms with Crippen LogP contribution < -0.4 is 16.7 Å². The van der Waals surface area contributed by atoms with Crippen LogP contribution in [0, 0.1) is 0 Å². The molecule has 2 saturated heterocycles. The molecule has 1 aromatic carbocycles. The summed E-state index contributed by atoms with van der Waals surface area (Å²) < 4.78 is 1.46. The molecule has 0 spiro atoms. The van der Waals surface area contributed by atoms with Crippen molar-refractivity contribution in [3.63, 3.8) is 0 Å². The van der Waals surface area contributed by atoms with Crippen LogP contribution in [0.3, 0.4) is 0 Å². The molecule has 2 aliphatic rings. The van der Waals surface area contributed by atoms with Gasteiger partial charge in [0.05, 0.1) is 5.69 Å². The number of aromatic nitrogens is 2. The van der Waals surface area contributed by atoms with Gasteiger partial charge >= 0.3 is 11.7 Å². The lowest BCUT2D eigenvalue weighted by Crippen LogP contribution is -2.51. The molecule has 1 aromatic heterocycles. The van der Waals surface area contributed by atoms with Gasteiger partial charge in [0.15, 0.2) is 0 Å². The molecule has 0 saturated carbocycles. The molecule has 3 amide bonds. The van der Waals surface area contributed by atoms with Crippen molar-refractivity contribution in [1.29, 1.82) is 0 Å². The molecule has 2 fully saturated rings. The number of likely N-dealkylation sites (tertiary alicyclic amines) is 1. The molecule has 10 heteroatoms. The van der Waals surface area contributed by atoms with Gasteiger partial charge in [-0.15, -0.1) is 0 Å². The van der Waals surface area contributed by atoms with Gasteiger partial charge in [-0.3, -0.25) is 14.7 Å². The van der Waals surface area contributed by atoms with E-state index < -0.39 is 5.69 Å². The summed E-state index contributed by atoms with van der Waals surface area (Å²) >= 11 is 0. The van der Waals surface area contributed by atoms with Crippen molar-refractivity contribution in [2.75, 3.05) is 51.1 Å². The molecule has 1 unspecified atom stereocenters. The Morgan fingerprint density at radius 3 is 2.40 bits per heavy atom. The predicted molar refractivity (Wildman–Crippen MR) is 135 cm³/mol. The van der Waals surface area contributed by atoms with Crippen LogP contribution in [0.1, 0.15) is 31.7 Å². The van der Waals surface area contributed by atoms with Crippen molar-refractivity contribution in [2.45, 2.75) is 38.6 Å². The average Bonchev–Trinajstić information content (AvgIpc) is 3.07. The standard InChI is InChI=1S/C25H35N7O3/c1-19(33)30-15-17-31(18-16-30)24(34)27-23-10-14-32(25(35)28-23)22-6-4-20(5-7-22)8-12-29-11-2-3-21(26)9-13-29/h4-7,10,14,21H,2-3,8-9,11-13,15-18,26H2,1H3,(H,27,28,34,35). The Balaban J connectivity index is 1.31. The van der Waals surface area contributed by atoms with Crippen LogP contribution in [0.4, 0.5) is 10.6 Å². The summed E-state index contributed by atoms with van der Waals surface area (Å²) in [5, 5.41) is 2.69. The number of hydrogen-bond acceptors (Lipinski definition) is 6. The molecule has 2 aliphatic heterocycles. The Morgan fingerprint density at radius 2 is 1.71 bits per heavy atom. The number of nitrogens with two attached hydrogens (primary N) is 1. The molecule has 1 atom stereocenters. The normalized spacial score (nSPS) is 19.3. The van der Waals surface area contributed by atoms with Crippen molar-refractivity contribution in [2.24, 2.45) is 5.73 Å². The first-order valence-corrected chi connectivity index (χ1v) is 12.4. The maximum atomic E-state index is 12.6. The van der Waals surface area contributed by atoms with E-state index in [0.29, 0.717) is 32.2 Å². The first-order chi connectivity index (χ1) is 16.9. The molecule has 3 heterocycles. The van der Waals surface area contributed by atoms with Gasteiger partial charge in [0.2, 0.25) is 5.91 Å². The highest BCUT2D eigenvalue weighted by molar-refractivity contribution is 5.88. The first kappa shape index (κ1) is 24.9. The number of hydrogen-bond donors (Lipinski definition) is 2. The van der Waals surface area contributed by atoms with E-state index in [9.17, 15) is 14.4 Å². The summed E-state index contributed by atoms with van der Waals surface area (Å²) in [6, 6.07) is 9.54. The highest BCUT2D eigenvalue weighted by Gasteiger charge is 2.22. The van der Waals surface area contributed by atoms with Crippen LogP contribution in [0.25, 0.3) is 5.69 Å². The van der Waals surface area contributed by atoms with Crippen molar-refractivity contribution in [3.05, 3.63) is 52.6 Å². The minimum Gasteiger partial charge on any atom is -0.339 e. The van der Waals surface area contributed by atoms with Crippen LogP contribution in [-0.2, 0) is 11.2 Å². The topological polar surface area (TPSA) is 117 Å². The van der Waals surface area contributed by atoms with Gasteiger partial charge in [-0.1, -0.05) is 12.1 Å². The van der Waals surface area contributed by atoms with Crippen LogP contribution >= 0.6 is 0 Å². The summed E-state index contributed by atoms with van der Waals surface area (Å²) in [6.07, 6.45) is 5.89. The molecule has 4 rings (SSSR count). The molecule has 2 aromatic rings. The second-order valence-corrected chi connectivity index (χ2v) is 9.34. The zero-order chi connectivity index (χ0) is 24.8. The number of anilines is 1. The van der Waals surface area contributed by atoms with E-state index in [4.69, 9.17) is 5.73 Å². The van der Waals surface area contributed by atoms with Crippen molar-refractivity contribution < 1.29 is 9.59 Å². The summed E-state index contributed by atoms with van der Waals surface area (Å²) in [5.41, 5.74) is 7.56. The highest BCUT2D eigenvalue weighted by atomic mass is 16.2. The van der Waals surface area contributed by atoms with E-state index in [1.54, 1.807) is 22.1 Å². The molecule has 10 nitrogen and oxygen atoms in total. The largest absolute Gasteiger partial charge is 0.354 e. The SMILES string of the molecule is CC(=O)N1CCN(C(=O)Nc2ccn(-c3ccc(CCN4CCCC(N)CC4)cc3)c(=O)n2)CC1. The predicted octanol–water partition coefficient (Wildman–Crippen LogP) is 1.28. The van der Waals surface area contributed by atoms with Crippen molar-refractivity contribution >= 4 is 17.8 Å². The van der Waals surface area contributed by atoms with Crippen LogP contribution in [0.2, 0.25) is 0 Å². The smallest absolute Gasteiger partial charge is 0.339 e. The number of piperazine rings is 1. The third kappa shape index (κ3) is 6.67. The summed E-state index contributed by atoms with van der Waals surface area (Å²) in [7, 11) is 0. The first-order valence-electron chi connectivity index (χ1n) is 12.4. The second kappa shape index (κ2) is 11.5. The molecule has 0 bridgehead atoms. The summed E-state index contributed by atoms with van der Waals surface area (Å²) in [4.78, 5) is 46.4. The fraction of sp³-hybridized carbons (Fsp3) is 0.520. The Hall–Kier alpha value is -3.24. The number of benzene rings is 1. The lowest BCUT2D eigenvalue weighted by atomic mass is 10.1. The van der Waals surface area contributed by atoms with Gasteiger partial charge in [-0.2, -0.15) is 4.98 Å². The number of carbonyl (C=O) groups excluding carboxylic acids is 2. The van der Waals surface area contributed by atoms with Gasteiger partial charge in [0, 0.05) is 51.9 Å². The second-order valence-electron chi connectivity index (χ2n) is 9.34. The van der Waals surface area contributed by atoms with E-state index >= 15 is 0 Å². The highest BCUT2D eigenvalue weighted by Crippen LogP contribution is 2.13. The van der Waals surface area contributed by atoms with Crippen LogP contribution in [0.15, 0.2) is 41.3 Å². The Labute approximate surface area is 205 Å². The molecule has 188 valence electrons. The van der Waals surface area contributed by atoms with E-state index in [0.717, 1.165) is 51.0 Å². The van der Waals surface area contributed by atoms with Crippen LogP contribution in [-0.4, -0.2) is 88.0 Å². The fourth-order valence-corrected chi connectivity index (χ4v) is 4.60. The van der Waals surface area contributed by atoms with Crippen LogP contribution in [0.5, 0.6) is 0 Å². The average molecular weight is 482 g/mol. The quantitative estimate of drug-likeness (QED) is 0.665. The van der Waals surface area contributed by atoms with Gasteiger partial charge < -0.3 is 20.4 Å². The minimum absolute atomic E-state index is 0.00553. The molecule has 0 radical (unpaired) electrons. The van der Waals surface area contributed by atoms with E-state index in [-0.39, 0.29) is 17.8 Å². The zero-order valence-corrected chi connectivity index (χ0v) is 20.4. The molecule has 3 N–H and O–H groups in total. The Kier molecular flexibility index (Phi) is 8.14. The maximum Gasteiger partial charge on any atom is 0.354 e. The number of urea groups is 1. The molecule has 0 aliphatic carbocycles. The summed E-state index contributed by atoms with van der Waals surface area (Å²) in [6.45, 7) is 6.57. The van der Waals surface area contributed by atoms with Gasteiger partial charge in [-0.05, 0) is 62.5 Å². The molecular formula is C25H35N7O3. The molecular weight excluding hydrogens is 446 g/mol. The number of rotatable bonds is 5. The number of nitrogens with one attached hydrogen (secondary N) is 1. The number of nitrogens with zero attached hydrogens (tertiary/aromatic N) is 5. The third-order valence-electron chi connectivity index (χ3n) is 6.85. The molecule has 35 heavy (non-hydrogen) atoms. The number of amides is 3. The van der Waals surface area contributed by atoms with Gasteiger partial charge in [-0.25, -0.2) is 9.59 Å². The zero-order valence-electron chi connectivity index (χ0n) is 20.4. The Morgan fingerprint density at radius 1 is 1.00 bits per heavy atom. The third-order valence-corrected chi connectivity index (χ3v) is 6.85. The van der Waals surface area contributed by atoms with Crippen molar-refractivity contribution in [1.82, 2.24) is 24.3 Å². The van der Waals surface area contributed by atoms with Gasteiger partial charge in [0.1, 0.15) is 5.82 Å². The van der Waals surface area contributed by atoms with E-state index in [1.807, 2.05) is 24.3 Å². The number of carbonyl (C=O) groups is 2. The Bertz CT molecular complexity index is 1080. The maximum absolute atomic E-state index is 12.6. The van der Waals surface area contributed by atoms with Gasteiger partial charge in [0.25, 0.3) is 0 Å². The monoisotopic (exact) mass is 481 g/mol. The summed E-state index contributed by atoms with van der Waals surface area (Å²) in [5.74, 6) is 0.213. The lowest BCUT2D eigenvalue weighted by molar-refractivity contribution is -0.130. The minimum atomic E-state index is -0.460. The fourth-order valence-electron chi connectivity index (χ4n) is 4.60. The van der Waals surface area contributed by atoms with E-state index in [1.165, 1.54) is 17.1 Å². The van der Waals surface area contributed by atoms with E-state index in [2.05, 4.69) is 15.2 Å². The lowest BCUT2D eigenvalue weighted by Gasteiger charge is -2.34.